The van der Waals surface area contributed by atoms with E-state index in [1.165, 1.54) is 25.9 Å². The van der Waals surface area contributed by atoms with E-state index in [2.05, 4.69) is 25.7 Å². The van der Waals surface area contributed by atoms with Gasteiger partial charge in [0.25, 0.3) is 0 Å². The Kier molecular flexibility index (Phi) is 12.9. The summed E-state index contributed by atoms with van der Waals surface area (Å²) >= 11 is 0. The molecule has 2 atom stereocenters. The normalized spacial score (nSPS) is 26.8. The summed E-state index contributed by atoms with van der Waals surface area (Å²) in [6, 6.07) is 0.828. The maximum absolute atomic E-state index is 2.57. The van der Waals surface area contributed by atoms with Crippen LogP contribution in [0.3, 0.4) is 0 Å². The average molecular weight is 201 g/mol. The second-order valence-corrected chi connectivity index (χ2v) is 3.61. The first-order chi connectivity index (χ1) is 6.74. The lowest BCUT2D eigenvalue weighted by atomic mass is 9.93. The number of hydrogen-bond donors (Lipinski definition) is 0. The number of hydrogen-bond acceptors (Lipinski definition) is 1. The Morgan fingerprint density at radius 2 is 1.57 bits per heavy atom. The van der Waals surface area contributed by atoms with Gasteiger partial charge in [-0.3, -0.25) is 0 Å². The molecule has 2 unspecified atom stereocenters. The quantitative estimate of drug-likeness (QED) is 0.615. The summed E-state index contributed by atoms with van der Waals surface area (Å²) in [6.45, 7) is 17.5. The maximum Gasteiger partial charge on any atom is 0.00693 e. The molecule has 1 heteroatoms. The van der Waals surface area contributed by atoms with Gasteiger partial charge < -0.3 is 4.90 Å². The van der Waals surface area contributed by atoms with Crippen molar-refractivity contribution < 1.29 is 0 Å². The lowest BCUT2D eigenvalue weighted by molar-refractivity contribution is 0.136. The van der Waals surface area contributed by atoms with Crippen LogP contribution < -0.4 is 0 Å². The van der Waals surface area contributed by atoms with Crippen LogP contribution in [0.4, 0.5) is 0 Å². The molecule has 1 nitrogen and oxygen atoms in total. The molecule has 1 saturated heterocycles. The van der Waals surface area contributed by atoms with Crippen molar-refractivity contribution in [2.75, 3.05) is 13.1 Å². The van der Waals surface area contributed by atoms with Crippen LogP contribution in [0, 0.1) is 5.92 Å². The Balaban J connectivity index is 0. The Morgan fingerprint density at radius 1 is 1.07 bits per heavy atom. The molecule has 88 valence electrons. The first-order valence-electron chi connectivity index (χ1n) is 6.48. The molecule has 0 aromatic rings. The van der Waals surface area contributed by atoms with Gasteiger partial charge in [-0.25, -0.2) is 0 Å². The van der Waals surface area contributed by atoms with E-state index >= 15 is 0 Å². The van der Waals surface area contributed by atoms with Crippen LogP contribution in [0.15, 0.2) is 0 Å². The van der Waals surface area contributed by atoms with Crippen molar-refractivity contribution >= 4 is 0 Å². The molecule has 0 saturated carbocycles. The van der Waals surface area contributed by atoms with E-state index in [4.69, 9.17) is 0 Å². The molecule has 1 aliphatic rings. The largest absolute Gasteiger partial charge is 0.301 e. The van der Waals surface area contributed by atoms with Gasteiger partial charge in [-0.2, -0.15) is 0 Å². The molecule has 0 aromatic carbocycles. The molecule has 14 heavy (non-hydrogen) atoms. The van der Waals surface area contributed by atoms with Crippen LogP contribution in [0.2, 0.25) is 0 Å². The fraction of sp³-hybridized carbons (Fsp3) is 1.00. The number of nitrogens with zero attached hydrogens (tertiary/aromatic N) is 1. The molecule has 0 aromatic heterocycles. The van der Waals surface area contributed by atoms with Crippen LogP contribution in [0.5, 0.6) is 0 Å². The van der Waals surface area contributed by atoms with Gasteiger partial charge in [-0.15, -0.1) is 0 Å². The van der Waals surface area contributed by atoms with Gasteiger partial charge in [0.1, 0.15) is 0 Å². The van der Waals surface area contributed by atoms with Crippen molar-refractivity contribution in [1.82, 2.24) is 4.90 Å². The Hall–Kier alpha value is -0.0400. The zero-order chi connectivity index (χ0) is 11.6. The smallest absolute Gasteiger partial charge is 0.00693 e. The summed E-state index contributed by atoms with van der Waals surface area (Å²) in [5.41, 5.74) is 0. The third-order valence-electron chi connectivity index (χ3n) is 2.68. The highest BCUT2D eigenvalue weighted by atomic mass is 15.1. The SMILES string of the molecule is CC.CC.CCN1CCC(C)CC1C. The Bertz CT molecular complexity index is 101. The van der Waals surface area contributed by atoms with Crippen LogP contribution >= 0.6 is 0 Å². The van der Waals surface area contributed by atoms with Crippen LogP contribution in [0.25, 0.3) is 0 Å². The summed E-state index contributed by atoms with van der Waals surface area (Å²) in [7, 11) is 0. The summed E-state index contributed by atoms with van der Waals surface area (Å²) in [4.78, 5) is 2.57. The van der Waals surface area contributed by atoms with E-state index in [1.54, 1.807) is 0 Å². The maximum atomic E-state index is 2.57. The number of piperidine rings is 1. The van der Waals surface area contributed by atoms with Crippen LogP contribution in [0.1, 0.15) is 61.3 Å². The lowest BCUT2D eigenvalue weighted by Crippen LogP contribution is -2.39. The van der Waals surface area contributed by atoms with E-state index in [-0.39, 0.29) is 0 Å². The van der Waals surface area contributed by atoms with Crippen LogP contribution in [-0.2, 0) is 0 Å². The average Bonchev–Trinajstić information content (AvgIpc) is 2.24. The molecule has 0 spiro atoms. The molecule has 1 fully saturated rings. The van der Waals surface area contributed by atoms with Gasteiger partial charge in [0, 0.05) is 6.04 Å². The van der Waals surface area contributed by atoms with Crippen molar-refractivity contribution in [1.29, 1.82) is 0 Å². The van der Waals surface area contributed by atoms with Gasteiger partial charge in [0.2, 0.25) is 0 Å². The second kappa shape index (κ2) is 11.0. The molecular weight excluding hydrogens is 170 g/mol. The van der Waals surface area contributed by atoms with E-state index in [9.17, 15) is 0 Å². The van der Waals surface area contributed by atoms with Crippen molar-refractivity contribution in [3.8, 4) is 0 Å². The molecule has 0 aliphatic carbocycles. The van der Waals surface area contributed by atoms with E-state index in [0.717, 1.165) is 12.0 Å². The lowest BCUT2D eigenvalue weighted by Gasteiger charge is -2.35. The first kappa shape index (κ1) is 16.4. The van der Waals surface area contributed by atoms with E-state index < -0.39 is 0 Å². The fourth-order valence-electron chi connectivity index (χ4n) is 1.93. The van der Waals surface area contributed by atoms with Gasteiger partial charge in [0.15, 0.2) is 0 Å². The highest BCUT2D eigenvalue weighted by Gasteiger charge is 2.20. The zero-order valence-corrected chi connectivity index (χ0v) is 11.4. The molecular formula is C13H31N. The monoisotopic (exact) mass is 201 g/mol. The molecule has 0 amide bonds. The standard InChI is InChI=1S/C9H19N.2C2H6/c1-4-10-6-5-8(2)7-9(10)3;2*1-2/h8-9H,4-7H2,1-3H3;2*1-2H3. The summed E-state index contributed by atoms with van der Waals surface area (Å²) in [5, 5.41) is 0. The third-order valence-corrected chi connectivity index (χ3v) is 2.68. The molecule has 0 N–H and O–H groups in total. The molecule has 1 aliphatic heterocycles. The Morgan fingerprint density at radius 3 is 1.93 bits per heavy atom. The topological polar surface area (TPSA) is 3.24 Å². The summed E-state index contributed by atoms with van der Waals surface area (Å²) in [6.07, 6.45) is 2.80. The van der Waals surface area contributed by atoms with E-state index in [0.29, 0.717) is 0 Å². The highest BCUT2D eigenvalue weighted by molar-refractivity contribution is 4.75. The van der Waals surface area contributed by atoms with Crippen molar-refractivity contribution in [2.24, 2.45) is 5.92 Å². The van der Waals surface area contributed by atoms with E-state index in [1.807, 2.05) is 27.7 Å². The highest BCUT2D eigenvalue weighted by Crippen LogP contribution is 2.21. The predicted octanol–water partition coefficient (Wildman–Crippen LogP) is 4.18. The Labute approximate surface area is 91.9 Å². The fourth-order valence-corrected chi connectivity index (χ4v) is 1.93. The number of likely N-dealkylation sites (tertiary alicyclic amines) is 1. The van der Waals surface area contributed by atoms with Gasteiger partial charge >= 0.3 is 0 Å². The second-order valence-electron chi connectivity index (χ2n) is 3.61. The zero-order valence-electron chi connectivity index (χ0n) is 11.4. The number of rotatable bonds is 1. The minimum Gasteiger partial charge on any atom is -0.301 e. The van der Waals surface area contributed by atoms with Crippen molar-refractivity contribution in [3.63, 3.8) is 0 Å². The van der Waals surface area contributed by atoms with Gasteiger partial charge in [0.05, 0.1) is 0 Å². The van der Waals surface area contributed by atoms with Crippen LogP contribution in [-0.4, -0.2) is 24.0 Å². The molecule has 0 bridgehead atoms. The predicted molar refractivity (Wildman–Crippen MR) is 67.8 cm³/mol. The summed E-state index contributed by atoms with van der Waals surface area (Å²) < 4.78 is 0. The van der Waals surface area contributed by atoms with Crippen molar-refractivity contribution in [3.05, 3.63) is 0 Å². The molecule has 1 rings (SSSR count). The minimum absolute atomic E-state index is 0.828. The first-order valence-corrected chi connectivity index (χ1v) is 6.48. The third kappa shape index (κ3) is 6.42. The minimum atomic E-state index is 0.828. The van der Waals surface area contributed by atoms with Crippen molar-refractivity contribution in [2.45, 2.75) is 67.3 Å². The molecule has 1 heterocycles. The molecule has 0 radical (unpaired) electrons. The van der Waals surface area contributed by atoms with Gasteiger partial charge in [-0.1, -0.05) is 41.5 Å². The summed E-state index contributed by atoms with van der Waals surface area (Å²) in [5.74, 6) is 0.956. The van der Waals surface area contributed by atoms with Gasteiger partial charge in [-0.05, 0) is 38.8 Å².